The number of hydrogen-bond donors (Lipinski definition) is 0. The first-order valence-corrected chi connectivity index (χ1v) is 16.3. The molecule has 2 aromatic heterocycles. The van der Waals surface area contributed by atoms with Crippen LogP contribution >= 0.6 is 0 Å². The van der Waals surface area contributed by atoms with Gasteiger partial charge in [-0.15, -0.1) is 0 Å². The van der Waals surface area contributed by atoms with Crippen molar-refractivity contribution in [3.05, 3.63) is 150 Å². The predicted molar refractivity (Wildman–Crippen MR) is 189 cm³/mol. The number of nitrogens with zero attached hydrogens (tertiary/aromatic N) is 4. The van der Waals surface area contributed by atoms with Crippen molar-refractivity contribution in [3.8, 4) is 22.5 Å². The van der Waals surface area contributed by atoms with Crippen LogP contribution in [0.2, 0.25) is 0 Å². The van der Waals surface area contributed by atoms with Gasteiger partial charge < -0.3 is 4.57 Å². The molecular weight excluding hydrogens is 560 g/mol. The summed E-state index contributed by atoms with van der Waals surface area (Å²) in [6, 6.07) is 32.9. The molecule has 4 nitrogen and oxygen atoms in total. The summed E-state index contributed by atoms with van der Waals surface area (Å²) >= 11 is 0. The molecule has 9 rings (SSSR count). The van der Waals surface area contributed by atoms with E-state index in [-0.39, 0.29) is 11.3 Å². The number of hydrogen-bond acceptors (Lipinski definition) is 3. The van der Waals surface area contributed by atoms with E-state index in [0.29, 0.717) is 0 Å². The number of rotatable bonds is 4. The summed E-state index contributed by atoms with van der Waals surface area (Å²) in [7, 11) is 0. The Morgan fingerprint density at radius 3 is 2.39 bits per heavy atom. The molecule has 0 saturated heterocycles. The molecule has 0 amide bonds. The zero-order valence-corrected chi connectivity index (χ0v) is 26.1. The highest BCUT2D eigenvalue weighted by molar-refractivity contribution is 6.13. The minimum atomic E-state index is -0.0682. The first kappa shape index (κ1) is 27.0. The highest BCUT2D eigenvalue weighted by atomic mass is 15.0. The first-order chi connectivity index (χ1) is 22.6. The maximum absolute atomic E-state index is 5.12. The number of aromatic nitrogens is 4. The van der Waals surface area contributed by atoms with Crippen LogP contribution < -0.4 is 0 Å². The van der Waals surface area contributed by atoms with Crippen molar-refractivity contribution < 1.29 is 0 Å². The molecule has 2 heterocycles. The Bertz CT molecular complexity index is 2310. The molecule has 0 bridgehead atoms. The fourth-order valence-electron chi connectivity index (χ4n) is 7.65. The van der Waals surface area contributed by atoms with Gasteiger partial charge in [-0.1, -0.05) is 117 Å². The Morgan fingerprint density at radius 2 is 1.52 bits per heavy atom. The predicted octanol–water partition coefficient (Wildman–Crippen LogP) is 10.3. The largest absolute Gasteiger partial charge is 0.310 e. The van der Waals surface area contributed by atoms with Crippen LogP contribution in [0, 0.1) is 0 Å². The van der Waals surface area contributed by atoms with Gasteiger partial charge in [-0.05, 0) is 71.4 Å². The molecule has 0 radical (unpaired) electrons. The van der Waals surface area contributed by atoms with Crippen molar-refractivity contribution in [2.45, 2.75) is 44.4 Å². The average molecular weight is 595 g/mol. The summed E-state index contributed by atoms with van der Waals surface area (Å²) < 4.78 is 2.46. The molecule has 0 N–H and O–H groups in total. The maximum Gasteiger partial charge on any atom is 0.163 e. The third-order valence-electron chi connectivity index (χ3n) is 10.0. The molecule has 1 atom stereocenters. The van der Waals surface area contributed by atoms with E-state index < -0.39 is 0 Å². The normalized spacial score (nSPS) is 18.0. The van der Waals surface area contributed by atoms with Crippen LogP contribution in [0.4, 0.5) is 0 Å². The Morgan fingerprint density at radius 1 is 0.717 bits per heavy atom. The van der Waals surface area contributed by atoms with Crippen LogP contribution in [0.5, 0.6) is 0 Å². The zero-order chi connectivity index (χ0) is 30.8. The monoisotopic (exact) mass is 594 g/mol. The summed E-state index contributed by atoms with van der Waals surface area (Å²) in [5.41, 5.74) is 11.2. The molecule has 0 aliphatic heterocycles. The third kappa shape index (κ3) is 4.17. The van der Waals surface area contributed by atoms with E-state index in [2.05, 4.69) is 128 Å². The van der Waals surface area contributed by atoms with E-state index in [1.165, 1.54) is 49.8 Å². The molecule has 0 fully saturated rings. The maximum atomic E-state index is 5.12. The van der Waals surface area contributed by atoms with E-state index in [9.17, 15) is 0 Å². The molecule has 3 aliphatic rings. The molecule has 46 heavy (non-hydrogen) atoms. The number of benzene rings is 4. The Balaban J connectivity index is 1.22. The van der Waals surface area contributed by atoms with Crippen molar-refractivity contribution in [2.75, 3.05) is 0 Å². The second kappa shape index (κ2) is 10.3. The van der Waals surface area contributed by atoms with E-state index >= 15 is 0 Å². The molecule has 6 aromatic rings. The average Bonchev–Trinajstić information content (AvgIpc) is 3.56. The lowest BCUT2D eigenvalue weighted by atomic mass is 9.82. The minimum Gasteiger partial charge on any atom is -0.310 e. The Hall–Kier alpha value is -5.35. The fourth-order valence-corrected chi connectivity index (χ4v) is 7.65. The van der Waals surface area contributed by atoms with Gasteiger partial charge in [-0.3, -0.25) is 0 Å². The second-order valence-corrected chi connectivity index (χ2v) is 13.1. The van der Waals surface area contributed by atoms with Gasteiger partial charge in [0.2, 0.25) is 0 Å². The van der Waals surface area contributed by atoms with Crippen LogP contribution in [0.3, 0.4) is 0 Å². The van der Waals surface area contributed by atoms with Gasteiger partial charge in [0.15, 0.2) is 11.6 Å². The van der Waals surface area contributed by atoms with Crippen molar-refractivity contribution in [1.82, 2.24) is 19.5 Å². The lowest BCUT2D eigenvalue weighted by Gasteiger charge is -2.22. The first-order valence-electron chi connectivity index (χ1n) is 16.3. The van der Waals surface area contributed by atoms with Crippen molar-refractivity contribution >= 4 is 33.1 Å². The second-order valence-electron chi connectivity index (χ2n) is 13.1. The van der Waals surface area contributed by atoms with E-state index in [1.807, 2.05) is 18.2 Å². The molecule has 4 heteroatoms. The van der Waals surface area contributed by atoms with E-state index in [0.717, 1.165) is 47.9 Å². The topological polar surface area (TPSA) is 43.6 Å². The van der Waals surface area contributed by atoms with Crippen LogP contribution in [0.25, 0.3) is 55.6 Å². The smallest absolute Gasteiger partial charge is 0.163 e. The Labute approximate surface area is 269 Å². The van der Waals surface area contributed by atoms with Gasteiger partial charge in [0.25, 0.3) is 0 Å². The molecule has 4 aromatic carbocycles. The summed E-state index contributed by atoms with van der Waals surface area (Å²) in [6.45, 7) is 4.71. The minimum absolute atomic E-state index is 0.0682. The Kier molecular flexibility index (Phi) is 6.08. The SMILES string of the molecule is CC1(C)c2ccccc2-c2cc3c4ccccc4n(C4=CCCC(c5nc(-c6ccccc6)nc(C6C=CC=CC6)n5)=C4)c3cc21. The fraction of sp³-hybridized carbons (Fsp3) is 0.167. The number of para-hydroxylation sites is 1. The molecule has 222 valence electrons. The van der Waals surface area contributed by atoms with Crippen molar-refractivity contribution in [3.63, 3.8) is 0 Å². The van der Waals surface area contributed by atoms with Gasteiger partial charge in [0.05, 0.1) is 11.0 Å². The lowest BCUT2D eigenvalue weighted by Crippen LogP contribution is -2.15. The summed E-state index contributed by atoms with van der Waals surface area (Å²) in [6.07, 6.45) is 16.0. The molecule has 1 unspecified atom stereocenters. The number of allylic oxidation sites excluding steroid dienone is 8. The summed E-state index contributed by atoms with van der Waals surface area (Å²) in [4.78, 5) is 15.2. The lowest BCUT2D eigenvalue weighted by molar-refractivity contribution is 0.661. The van der Waals surface area contributed by atoms with Gasteiger partial charge >= 0.3 is 0 Å². The van der Waals surface area contributed by atoms with E-state index in [4.69, 9.17) is 15.0 Å². The molecule has 0 spiro atoms. The highest BCUT2D eigenvalue weighted by Gasteiger charge is 2.36. The molecular formula is C42H34N4. The van der Waals surface area contributed by atoms with Crippen LogP contribution in [-0.4, -0.2) is 19.5 Å². The van der Waals surface area contributed by atoms with Crippen molar-refractivity contribution in [1.29, 1.82) is 0 Å². The van der Waals surface area contributed by atoms with Crippen LogP contribution in [0.15, 0.2) is 127 Å². The van der Waals surface area contributed by atoms with E-state index in [1.54, 1.807) is 0 Å². The van der Waals surface area contributed by atoms with Crippen molar-refractivity contribution in [2.24, 2.45) is 0 Å². The van der Waals surface area contributed by atoms with Gasteiger partial charge in [-0.2, -0.15) is 0 Å². The quantitative estimate of drug-likeness (QED) is 0.204. The summed E-state index contributed by atoms with van der Waals surface area (Å²) in [5.74, 6) is 2.47. The van der Waals surface area contributed by atoms with Crippen LogP contribution in [-0.2, 0) is 5.41 Å². The van der Waals surface area contributed by atoms with Crippen LogP contribution in [0.1, 0.15) is 61.8 Å². The van der Waals surface area contributed by atoms with Gasteiger partial charge in [-0.25, -0.2) is 15.0 Å². The van der Waals surface area contributed by atoms with Gasteiger partial charge in [0, 0.05) is 33.4 Å². The highest BCUT2D eigenvalue weighted by Crippen LogP contribution is 2.51. The zero-order valence-electron chi connectivity index (χ0n) is 26.1. The van der Waals surface area contributed by atoms with Gasteiger partial charge in [0.1, 0.15) is 5.82 Å². The molecule has 0 saturated carbocycles. The standard InChI is InChI=1S/C42H34N4/c1-42(2)35-22-11-9-20-31(35)33-25-34-32-21-10-12-23-37(32)46(38(34)26-36(33)42)30-19-13-18-29(24-30)41-44-39(27-14-5-3-6-15-27)43-40(45-41)28-16-7-4-8-17-28/h3-12,14-16,19-26,28H,13,17-18H2,1-2H3. The molecule has 3 aliphatic carbocycles. The summed E-state index contributed by atoms with van der Waals surface area (Å²) in [5, 5.41) is 2.56. The third-order valence-corrected chi connectivity index (χ3v) is 10.0. The number of fused-ring (bicyclic) bond motifs is 6.